The summed E-state index contributed by atoms with van der Waals surface area (Å²) < 4.78 is 17.0. The van der Waals surface area contributed by atoms with Gasteiger partial charge in [-0.1, -0.05) is 107 Å². The molecular weight excluding hydrogens is 618 g/mol. The highest BCUT2D eigenvalue weighted by molar-refractivity contribution is 5.70. The molecule has 2 unspecified atom stereocenters. The number of quaternary nitrogens is 1. The number of carboxylic acid groups (broad SMARTS) is 1. The number of ether oxygens (including phenoxy) is 3. The molecule has 0 aliphatic heterocycles. The number of rotatable bonds is 33. The second-order valence-corrected chi connectivity index (χ2v) is 13.8. The quantitative estimate of drug-likeness (QED) is 0.0224. The Balaban J connectivity index is 4.45. The van der Waals surface area contributed by atoms with Gasteiger partial charge < -0.3 is 28.6 Å². The topological polar surface area (TPSA) is 102 Å². The minimum Gasteiger partial charge on any atom is -0.544 e. The second-order valence-electron chi connectivity index (χ2n) is 13.8. The fraction of sp³-hybridized carbons (Fsp3) is 0.732. The Hall–Kier alpha value is -2.71. The molecule has 0 radical (unpaired) electrons. The molecule has 0 amide bonds. The number of hydrogen-bond acceptors (Lipinski definition) is 7. The van der Waals surface area contributed by atoms with Gasteiger partial charge in [-0.25, -0.2) is 0 Å². The standard InChI is InChI=1S/C41H71NO7/c1-6-8-10-12-14-16-17-18-19-20-21-22-24-25-27-29-31-39(43)48-36-37(35-47-34-33-38(41(45)46)42(3,4)5)49-40(44)32-30-28-26-23-15-13-11-9-7-2/h9,11,15,19-23,37-38H,6-8,10,12-14,16-18,24-36H2,1-5H3/b11-9+,20-19+,22-21+,23-15+. The van der Waals surface area contributed by atoms with Crippen molar-refractivity contribution < 1.29 is 38.2 Å². The summed E-state index contributed by atoms with van der Waals surface area (Å²) in [6, 6.07) is -0.734. The number of aliphatic carboxylic acids is 1. The molecule has 0 saturated carbocycles. The zero-order valence-corrected chi connectivity index (χ0v) is 31.8. The van der Waals surface area contributed by atoms with Crippen molar-refractivity contribution >= 4 is 17.9 Å². The van der Waals surface area contributed by atoms with E-state index in [9.17, 15) is 19.5 Å². The smallest absolute Gasteiger partial charge is 0.306 e. The van der Waals surface area contributed by atoms with Gasteiger partial charge in [0.15, 0.2) is 6.10 Å². The predicted octanol–water partition coefficient (Wildman–Crippen LogP) is 8.35. The van der Waals surface area contributed by atoms with E-state index < -0.39 is 18.1 Å². The number of nitrogens with zero attached hydrogens (tertiary/aromatic N) is 1. The van der Waals surface area contributed by atoms with E-state index >= 15 is 0 Å². The highest BCUT2D eigenvalue weighted by atomic mass is 16.6. The third-order valence-electron chi connectivity index (χ3n) is 8.23. The summed E-state index contributed by atoms with van der Waals surface area (Å²) in [4.78, 5) is 36.5. The largest absolute Gasteiger partial charge is 0.544 e. The lowest BCUT2D eigenvalue weighted by Crippen LogP contribution is -2.55. The van der Waals surface area contributed by atoms with Crippen LogP contribution in [0.25, 0.3) is 0 Å². The third kappa shape index (κ3) is 31.0. The minimum atomic E-state index is -1.14. The lowest BCUT2D eigenvalue weighted by molar-refractivity contribution is -0.889. The number of likely N-dealkylation sites (N-methyl/N-ethyl adjacent to an activating group) is 1. The summed E-state index contributed by atoms with van der Waals surface area (Å²) in [6.07, 6.45) is 35.8. The molecule has 0 bridgehead atoms. The molecular formula is C41H71NO7. The number of allylic oxidation sites excluding steroid dienone is 8. The van der Waals surface area contributed by atoms with Crippen LogP contribution < -0.4 is 5.11 Å². The van der Waals surface area contributed by atoms with E-state index in [2.05, 4.69) is 62.5 Å². The number of carboxylic acids is 1. The van der Waals surface area contributed by atoms with Crippen molar-refractivity contribution in [2.45, 2.75) is 154 Å². The number of carbonyl (C=O) groups excluding carboxylic acids is 3. The van der Waals surface area contributed by atoms with Crippen molar-refractivity contribution in [1.82, 2.24) is 0 Å². The summed E-state index contributed by atoms with van der Waals surface area (Å²) in [5, 5.41) is 11.6. The minimum absolute atomic E-state index is 0.0176. The molecule has 2 atom stereocenters. The van der Waals surface area contributed by atoms with Gasteiger partial charge in [-0.05, 0) is 64.2 Å². The van der Waals surface area contributed by atoms with Crippen LogP contribution in [0.1, 0.15) is 142 Å². The maximum atomic E-state index is 12.6. The van der Waals surface area contributed by atoms with Gasteiger partial charge in [0.2, 0.25) is 0 Å². The molecule has 0 heterocycles. The highest BCUT2D eigenvalue weighted by Crippen LogP contribution is 2.11. The Morgan fingerprint density at radius 2 is 1.20 bits per heavy atom. The predicted molar refractivity (Wildman–Crippen MR) is 199 cm³/mol. The summed E-state index contributed by atoms with van der Waals surface area (Å²) in [7, 11) is 5.37. The molecule has 8 heteroatoms. The Bertz CT molecular complexity index is 948. The Morgan fingerprint density at radius 3 is 1.84 bits per heavy atom. The van der Waals surface area contributed by atoms with Gasteiger partial charge in [0.05, 0.1) is 40.3 Å². The Morgan fingerprint density at radius 1 is 0.653 bits per heavy atom. The SMILES string of the molecule is CC/C=C/C/C=C/CCCCC(=O)OC(COCCC(C(=O)[O-])[N+](C)(C)C)COC(=O)CCCCC/C=C/C=C/CCCCCCCCC. The monoisotopic (exact) mass is 690 g/mol. The van der Waals surface area contributed by atoms with Crippen molar-refractivity contribution in [1.29, 1.82) is 0 Å². The number of unbranched alkanes of at least 4 members (excludes halogenated alkanes) is 12. The first-order valence-electron chi connectivity index (χ1n) is 19.2. The maximum Gasteiger partial charge on any atom is 0.306 e. The van der Waals surface area contributed by atoms with Crippen LogP contribution in [0, 0.1) is 0 Å². The van der Waals surface area contributed by atoms with Crippen molar-refractivity contribution in [2.75, 3.05) is 41.0 Å². The van der Waals surface area contributed by atoms with E-state index in [0.717, 1.165) is 57.8 Å². The maximum absolute atomic E-state index is 12.6. The van der Waals surface area contributed by atoms with Crippen LogP contribution in [0.5, 0.6) is 0 Å². The second kappa shape index (κ2) is 32.5. The summed E-state index contributed by atoms with van der Waals surface area (Å²) in [6.45, 7) is 4.44. The van der Waals surface area contributed by atoms with Crippen LogP contribution in [0.15, 0.2) is 48.6 Å². The first kappa shape index (κ1) is 46.3. The molecule has 0 aliphatic rings. The van der Waals surface area contributed by atoms with Gasteiger partial charge in [0.1, 0.15) is 12.6 Å². The first-order valence-corrected chi connectivity index (χ1v) is 19.2. The molecule has 0 fully saturated rings. The van der Waals surface area contributed by atoms with E-state index in [1.54, 1.807) is 21.1 Å². The number of esters is 2. The number of carbonyl (C=O) groups is 3. The van der Waals surface area contributed by atoms with Crippen molar-refractivity contribution in [2.24, 2.45) is 0 Å². The van der Waals surface area contributed by atoms with Gasteiger partial charge in [-0.2, -0.15) is 0 Å². The van der Waals surface area contributed by atoms with E-state index in [1.165, 1.54) is 44.9 Å². The molecule has 0 aliphatic carbocycles. The Labute approximate surface area is 299 Å². The summed E-state index contributed by atoms with van der Waals surface area (Å²) in [5.74, 6) is -1.83. The van der Waals surface area contributed by atoms with Crippen LogP contribution in [-0.2, 0) is 28.6 Å². The van der Waals surface area contributed by atoms with E-state index in [0.29, 0.717) is 12.8 Å². The molecule has 282 valence electrons. The first-order chi connectivity index (χ1) is 23.6. The zero-order chi connectivity index (χ0) is 36.4. The molecule has 0 aromatic rings. The lowest BCUT2D eigenvalue weighted by atomic mass is 10.1. The molecule has 0 aromatic carbocycles. The van der Waals surface area contributed by atoms with Crippen LogP contribution in [0.4, 0.5) is 0 Å². The van der Waals surface area contributed by atoms with Gasteiger partial charge in [0.25, 0.3) is 0 Å². The van der Waals surface area contributed by atoms with Crippen LogP contribution in [0.3, 0.4) is 0 Å². The van der Waals surface area contributed by atoms with Gasteiger partial charge in [0, 0.05) is 19.3 Å². The Kier molecular flexibility index (Phi) is 30.7. The van der Waals surface area contributed by atoms with Crippen molar-refractivity contribution in [3.63, 3.8) is 0 Å². The van der Waals surface area contributed by atoms with Crippen molar-refractivity contribution in [3.05, 3.63) is 48.6 Å². The van der Waals surface area contributed by atoms with Crippen molar-refractivity contribution in [3.8, 4) is 0 Å². The summed E-state index contributed by atoms with van der Waals surface area (Å²) in [5.41, 5.74) is 0. The van der Waals surface area contributed by atoms with E-state index in [-0.39, 0.29) is 49.1 Å². The zero-order valence-electron chi connectivity index (χ0n) is 31.8. The fourth-order valence-electron chi connectivity index (χ4n) is 5.21. The normalized spacial score (nSPS) is 13.6. The lowest BCUT2D eigenvalue weighted by Gasteiger charge is -2.34. The van der Waals surface area contributed by atoms with Crippen LogP contribution in [-0.4, -0.2) is 75.5 Å². The van der Waals surface area contributed by atoms with Gasteiger partial charge >= 0.3 is 11.9 Å². The highest BCUT2D eigenvalue weighted by Gasteiger charge is 2.25. The summed E-state index contributed by atoms with van der Waals surface area (Å²) >= 11 is 0. The third-order valence-corrected chi connectivity index (χ3v) is 8.23. The molecule has 0 saturated heterocycles. The van der Waals surface area contributed by atoms with E-state index in [4.69, 9.17) is 14.2 Å². The van der Waals surface area contributed by atoms with Gasteiger partial charge in [-0.3, -0.25) is 9.59 Å². The van der Waals surface area contributed by atoms with Crippen LogP contribution >= 0.6 is 0 Å². The van der Waals surface area contributed by atoms with Gasteiger partial charge in [-0.15, -0.1) is 0 Å². The molecule has 0 rings (SSSR count). The molecule has 0 aromatic heterocycles. The fourth-order valence-corrected chi connectivity index (χ4v) is 5.21. The number of hydrogen-bond donors (Lipinski definition) is 0. The molecule has 49 heavy (non-hydrogen) atoms. The van der Waals surface area contributed by atoms with Crippen LogP contribution in [0.2, 0.25) is 0 Å². The van der Waals surface area contributed by atoms with E-state index in [1.807, 2.05) is 0 Å². The average Bonchev–Trinajstić information content (AvgIpc) is 3.05. The molecule has 0 spiro atoms. The molecule has 0 N–H and O–H groups in total. The molecule has 8 nitrogen and oxygen atoms in total. The average molecular weight is 690 g/mol.